The molecule has 2 rings (SSSR count). The molecule has 2 atom stereocenters. The molecule has 0 aliphatic carbocycles. The molecule has 2 heterocycles. The Balaban J connectivity index is 1.59. The molecule has 2 fully saturated rings. The van der Waals surface area contributed by atoms with Gasteiger partial charge in [-0.2, -0.15) is 0 Å². The van der Waals surface area contributed by atoms with Gasteiger partial charge in [-0.1, -0.05) is 0 Å². The number of rotatable bonds is 5. The number of hydrogen-bond donors (Lipinski definition) is 3. The van der Waals surface area contributed by atoms with Crippen LogP contribution in [0.5, 0.6) is 0 Å². The lowest BCUT2D eigenvalue weighted by molar-refractivity contribution is -0.119. The van der Waals surface area contributed by atoms with Crippen molar-refractivity contribution in [3.63, 3.8) is 0 Å². The summed E-state index contributed by atoms with van der Waals surface area (Å²) in [7, 11) is 0. The maximum absolute atomic E-state index is 11.0. The van der Waals surface area contributed by atoms with E-state index in [1.807, 2.05) is 0 Å². The Kier molecular flexibility index (Phi) is 4.15. The third-order valence-electron chi connectivity index (χ3n) is 3.29. The molecule has 92 valence electrons. The third-order valence-corrected chi connectivity index (χ3v) is 3.29. The van der Waals surface area contributed by atoms with E-state index in [0.29, 0.717) is 19.5 Å². The van der Waals surface area contributed by atoms with Gasteiger partial charge in [0.05, 0.1) is 6.10 Å². The van der Waals surface area contributed by atoms with E-state index in [0.717, 1.165) is 19.6 Å². The number of aliphatic hydroxyl groups excluding tert-OH is 1. The second-order valence-electron chi connectivity index (χ2n) is 4.77. The molecular formula is C11H21N3O2. The number of hydrogen-bond acceptors (Lipinski definition) is 4. The van der Waals surface area contributed by atoms with Crippen LogP contribution in [0.1, 0.15) is 19.3 Å². The number of carbonyl (C=O) groups is 1. The molecule has 2 saturated heterocycles. The van der Waals surface area contributed by atoms with Crippen molar-refractivity contribution in [2.24, 2.45) is 0 Å². The summed E-state index contributed by atoms with van der Waals surface area (Å²) in [6, 6.07) is 0.195. The highest BCUT2D eigenvalue weighted by molar-refractivity contribution is 5.78. The number of nitrogens with zero attached hydrogens (tertiary/aromatic N) is 1. The van der Waals surface area contributed by atoms with Gasteiger partial charge in [-0.25, -0.2) is 0 Å². The summed E-state index contributed by atoms with van der Waals surface area (Å²) >= 11 is 0. The summed E-state index contributed by atoms with van der Waals surface area (Å²) < 4.78 is 0. The van der Waals surface area contributed by atoms with E-state index in [4.69, 9.17) is 0 Å². The Hall–Kier alpha value is -0.650. The minimum atomic E-state index is -0.325. The fraction of sp³-hybridized carbons (Fsp3) is 0.909. The largest absolute Gasteiger partial charge is 0.390 e. The zero-order valence-corrected chi connectivity index (χ0v) is 9.61. The highest BCUT2D eigenvalue weighted by atomic mass is 16.3. The zero-order chi connectivity index (χ0) is 11.4. The quantitative estimate of drug-likeness (QED) is 0.559. The Labute approximate surface area is 96.2 Å². The molecule has 0 bridgehead atoms. The van der Waals surface area contributed by atoms with Crippen molar-refractivity contribution in [3.8, 4) is 0 Å². The van der Waals surface area contributed by atoms with Crippen molar-refractivity contribution in [2.45, 2.75) is 31.4 Å². The van der Waals surface area contributed by atoms with Gasteiger partial charge in [-0.05, 0) is 25.9 Å². The summed E-state index contributed by atoms with van der Waals surface area (Å²) in [6.45, 7) is 4.24. The van der Waals surface area contributed by atoms with Gasteiger partial charge >= 0.3 is 0 Å². The van der Waals surface area contributed by atoms with Crippen LogP contribution in [0, 0.1) is 0 Å². The second-order valence-corrected chi connectivity index (χ2v) is 4.77. The molecule has 0 aromatic carbocycles. The van der Waals surface area contributed by atoms with Gasteiger partial charge in [0.15, 0.2) is 0 Å². The Bertz CT molecular complexity index is 241. The Morgan fingerprint density at radius 3 is 2.88 bits per heavy atom. The van der Waals surface area contributed by atoms with Crippen LogP contribution in [0.4, 0.5) is 0 Å². The molecule has 5 nitrogen and oxygen atoms in total. The van der Waals surface area contributed by atoms with E-state index in [2.05, 4.69) is 15.5 Å². The van der Waals surface area contributed by atoms with Crippen LogP contribution < -0.4 is 10.6 Å². The van der Waals surface area contributed by atoms with Gasteiger partial charge in [-0.15, -0.1) is 0 Å². The molecule has 16 heavy (non-hydrogen) atoms. The van der Waals surface area contributed by atoms with E-state index in [-0.39, 0.29) is 18.1 Å². The topological polar surface area (TPSA) is 64.6 Å². The SMILES string of the molecule is O=C1CC(NCC(O)CN2CCCC2)CN1. The van der Waals surface area contributed by atoms with Gasteiger partial charge in [0.25, 0.3) is 0 Å². The molecule has 5 heteroatoms. The van der Waals surface area contributed by atoms with E-state index in [1.54, 1.807) is 0 Å². The number of carbonyl (C=O) groups excluding carboxylic acids is 1. The average molecular weight is 227 g/mol. The maximum atomic E-state index is 11.0. The van der Waals surface area contributed by atoms with Gasteiger partial charge < -0.3 is 20.6 Å². The highest BCUT2D eigenvalue weighted by Gasteiger charge is 2.22. The van der Waals surface area contributed by atoms with Crippen molar-refractivity contribution < 1.29 is 9.90 Å². The molecule has 1 amide bonds. The van der Waals surface area contributed by atoms with Crippen LogP contribution in [0.25, 0.3) is 0 Å². The van der Waals surface area contributed by atoms with E-state index in [1.165, 1.54) is 12.8 Å². The molecule has 0 saturated carbocycles. The first-order chi connectivity index (χ1) is 7.74. The lowest BCUT2D eigenvalue weighted by Gasteiger charge is -2.20. The van der Waals surface area contributed by atoms with Crippen molar-refractivity contribution in [1.82, 2.24) is 15.5 Å². The summed E-state index contributed by atoms with van der Waals surface area (Å²) in [6.07, 6.45) is 2.72. The molecule has 0 aromatic heterocycles. The summed E-state index contributed by atoms with van der Waals surface area (Å²) in [4.78, 5) is 13.3. The lowest BCUT2D eigenvalue weighted by atomic mass is 10.2. The monoisotopic (exact) mass is 227 g/mol. The Morgan fingerprint density at radius 1 is 1.50 bits per heavy atom. The summed E-state index contributed by atoms with van der Waals surface area (Å²) in [5.41, 5.74) is 0. The number of β-amino-alcohol motifs (C(OH)–C–C–N with tert-alkyl or cyclic N) is 1. The van der Waals surface area contributed by atoms with E-state index < -0.39 is 0 Å². The van der Waals surface area contributed by atoms with Crippen LogP contribution in [-0.4, -0.2) is 60.8 Å². The first kappa shape index (κ1) is 11.8. The summed E-state index contributed by atoms with van der Waals surface area (Å²) in [5, 5.41) is 15.8. The van der Waals surface area contributed by atoms with Crippen LogP contribution in [0.3, 0.4) is 0 Å². The fourth-order valence-electron chi connectivity index (χ4n) is 2.38. The van der Waals surface area contributed by atoms with Crippen molar-refractivity contribution in [1.29, 1.82) is 0 Å². The molecule has 2 aliphatic heterocycles. The molecule has 3 N–H and O–H groups in total. The van der Waals surface area contributed by atoms with Gasteiger partial charge in [-0.3, -0.25) is 4.79 Å². The van der Waals surface area contributed by atoms with Crippen molar-refractivity contribution in [2.75, 3.05) is 32.7 Å². The van der Waals surface area contributed by atoms with E-state index >= 15 is 0 Å². The lowest BCUT2D eigenvalue weighted by Crippen LogP contribution is -2.41. The Morgan fingerprint density at radius 2 is 2.25 bits per heavy atom. The van der Waals surface area contributed by atoms with Gasteiger partial charge in [0.1, 0.15) is 0 Å². The molecule has 2 aliphatic rings. The third kappa shape index (κ3) is 3.43. The molecular weight excluding hydrogens is 206 g/mol. The average Bonchev–Trinajstić information content (AvgIpc) is 2.87. The highest BCUT2D eigenvalue weighted by Crippen LogP contribution is 2.07. The second kappa shape index (κ2) is 5.61. The van der Waals surface area contributed by atoms with Crippen LogP contribution in [0.2, 0.25) is 0 Å². The number of nitrogens with one attached hydrogen (secondary N) is 2. The predicted octanol–water partition coefficient (Wildman–Crippen LogP) is -1.08. The van der Waals surface area contributed by atoms with Gasteiger partial charge in [0, 0.05) is 32.1 Å². The molecule has 2 unspecified atom stereocenters. The normalized spacial score (nSPS) is 28.3. The van der Waals surface area contributed by atoms with Crippen molar-refractivity contribution >= 4 is 5.91 Å². The minimum absolute atomic E-state index is 0.103. The molecule has 0 aromatic rings. The molecule has 0 radical (unpaired) electrons. The van der Waals surface area contributed by atoms with Crippen LogP contribution >= 0.6 is 0 Å². The van der Waals surface area contributed by atoms with Gasteiger partial charge in [0.2, 0.25) is 5.91 Å². The molecule has 0 spiro atoms. The van der Waals surface area contributed by atoms with Crippen LogP contribution in [-0.2, 0) is 4.79 Å². The fourth-order valence-corrected chi connectivity index (χ4v) is 2.38. The first-order valence-electron chi connectivity index (χ1n) is 6.14. The van der Waals surface area contributed by atoms with E-state index in [9.17, 15) is 9.90 Å². The first-order valence-corrected chi connectivity index (χ1v) is 6.14. The summed E-state index contributed by atoms with van der Waals surface area (Å²) in [5.74, 6) is 0.103. The zero-order valence-electron chi connectivity index (χ0n) is 9.61. The number of amides is 1. The van der Waals surface area contributed by atoms with Crippen LogP contribution in [0.15, 0.2) is 0 Å². The minimum Gasteiger partial charge on any atom is -0.390 e. The number of aliphatic hydroxyl groups is 1. The van der Waals surface area contributed by atoms with Crippen molar-refractivity contribution in [3.05, 3.63) is 0 Å². The smallest absolute Gasteiger partial charge is 0.221 e. The standard InChI is InChI=1S/C11H21N3O2/c15-10(8-14-3-1-2-4-14)7-12-9-5-11(16)13-6-9/h9-10,12,15H,1-8H2,(H,13,16). The maximum Gasteiger partial charge on any atom is 0.221 e. The predicted molar refractivity (Wildman–Crippen MR) is 61.1 cm³/mol. The number of likely N-dealkylation sites (tertiary alicyclic amines) is 1.